The van der Waals surface area contributed by atoms with Gasteiger partial charge >= 0.3 is 0 Å². The van der Waals surface area contributed by atoms with Crippen molar-refractivity contribution in [3.8, 4) is 17.0 Å². The number of hydrogen-bond acceptors (Lipinski definition) is 3. The fourth-order valence-electron chi connectivity index (χ4n) is 2.16. The summed E-state index contributed by atoms with van der Waals surface area (Å²) in [7, 11) is 1.55. The molecule has 3 aromatic rings. The first kappa shape index (κ1) is 11.5. The van der Waals surface area contributed by atoms with E-state index in [1.165, 1.54) is 12.1 Å². The number of hydrogen-bond donors (Lipinski definition) is 2. The van der Waals surface area contributed by atoms with Crippen LogP contribution in [0.25, 0.3) is 22.2 Å². The van der Waals surface area contributed by atoms with Crippen molar-refractivity contribution in [3.05, 3.63) is 42.2 Å². The molecule has 0 saturated heterocycles. The number of nitrogens with one attached hydrogen (secondary N) is 1. The minimum atomic E-state index is -0.309. The number of benzene rings is 2. The van der Waals surface area contributed by atoms with Gasteiger partial charge in [0.2, 0.25) is 0 Å². The van der Waals surface area contributed by atoms with Gasteiger partial charge < -0.3 is 10.5 Å². The lowest BCUT2D eigenvalue weighted by Gasteiger charge is -2.07. The summed E-state index contributed by atoms with van der Waals surface area (Å²) in [5.41, 5.74) is 8.51. The van der Waals surface area contributed by atoms with Crippen molar-refractivity contribution in [1.82, 2.24) is 10.2 Å². The van der Waals surface area contributed by atoms with Gasteiger partial charge in [-0.25, -0.2) is 4.39 Å². The molecule has 5 heteroatoms. The second kappa shape index (κ2) is 4.28. The number of anilines is 1. The largest absolute Gasteiger partial charge is 0.494 e. The number of fused-ring (bicyclic) bond motifs is 1. The molecule has 3 N–H and O–H groups in total. The topological polar surface area (TPSA) is 63.9 Å². The van der Waals surface area contributed by atoms with E-state index in [4.69, 9.17) is 10.5 Å². The lowest BCUT2D eigenvalue weighted by atomic mass is 10.1. The molecule has 0 spiro atoms. The summed E-state index contributed by atoms with van der Waals surface area (Å²) in [5.74, 6) is 0.238. The van der Waals surface area contributed by atoms with E-state index < -0.39 is 0 Å². The van der Waals surface area contributed by atoms with Gasteiger partial charge in [-0.2, -0.15) is 5.10 Å². The molecule has 0 atom stereocenters. The van der Waals surface area contributed by atoms with Gasteiger partial charge in [-0.3, -0.25) is 5.10 Å². The van der Waals surface area contributed by atoms with E-state index in [0.29, 0.717) is 22.7 Å². The van der Waals surface area contributed by atoms with Crippen LogP contribution in [0.5, 0.6) is 5.75 Å². The molecule has 19 heavy (non-hydrogen) atoms. The predicted molar refractivity (Wildman–Crippen MR) is 72.5 cm³/mol. The molecule has 0 fully saturated rings. The average Bonchev–Trinajstić information content (AvgIpc) is 2.82. The van der Waals surface area contributed by atoms with Crippen LogP contribution in [0.3, 0.4) is 0 Å². The summed E-state index contributed by atoms with van der Waals surface area (Å²) in [6, 6.07) is 9.82. The van der Waals surface area contributed by atoms with Crippen LogP contribution >= 0.6 is 0 Å². The fraction of sp³-hybridized carbons (Fsp3) is 0.0714. The SMILES string of the molecule is COc1c(N)ccc2[nH]nc(-c3cccc(F)c3)c12. The maximum Gasteiger partial charge on any atom is 0.153 e. The molecule has 96 valence electrons. The monoisotopic (exact) mass is 257 g/mol. The lowest BCUT2D eigenvalue weighted by Crippen LogP contribution is -1.93. The zero-order chi connectivity index (χ0) is 13.4. The highest BCUT2D eigenvalue weighted by Crippen LogP contribution is 2.37. The van der Waals surface area contributed by atoms with E-state index >= 15 is 0 Å². The van der Waals surface area contributed by atoms with Gasteiger partial charge in [-0.1, -0.05) is 12.1 Å². The summed E-state index contributed by atoms with van der Waals surface area (Å²) in [4.78, 5) is 0. The van der Waals surface area contributed by atoms with E-state index in [-0.39, 0.29) is 5.82 Å². The van der Waals surface area contributed by atoms with Crippen molar-refractivity contribution in [2.75, 3.05) is 12.8 Å². The van der Waals surface area contributed by atoms with E-state index in [2.05, 4.69) is 10.2 Å². The summed E-state index contributed by atoms with van der Waals surface area (Å²) >= 11 is 0. The van der Waals surface area contributed by atoms with E-state index in [0.717, 1.165) is 10.9 Å². The molecular weight excluding hydrogens is 245 g/mol. The Morgan fingerprint density at radius 2 is 2.11 bits per heavy atom. The quantitative estimate of drug-likeness (QED) is 0.694. The molecule has 0 saturated carbocycles. The molecular formula is C14H12FN3O. The average molecular weight is 257 g/mol. The highest BCUT2D eigenvalue weighted by atomic mass is 19.1. The molecule has 1 heterocycles. The van der Waals surface area contributed by atoms with Crippen LogP contribution < -0.4 is 10.5 Å². The fourth-order valence-corrected chi connectivity index (χ4v) is 2.16. The first-order valence-corrected chi connectivity index (χ1v) is 5.77. The zero-order valence-corrected chi connectivity index (χ0v) is 10.3. The van der Waals surface area contributed by atoms with Gasteiger partial charge in [0.15, 0.2) is 5.75 Å². The van der Waals surface area contributed by atoms with Crippen molar-refractivity contribution in [2.45, 2.75) is 0 Å². The number of aromatic nitrogens is 2. The van der Waals surface area contributed by atoms with Crippen LogP contribution in [0.4, 0.5) is 10.1 Å². The van der Waals surface area contributed by atoms with Crippen LogP contribution in [0.15, 0.2) is 36.4 Å². The molecule has 0 bridgehead atoms. The Morgan fingerprint density at radius 1 is 1.26 bits per heavy atom. The third-order valence-electron chi connectivity index (χ3n) is 3.02. The number of H-pyrrole nitrogens is 1. The Hall–Kier alpha value is -2.56. The highest BCUT2D eigenvalue weighted by molar-refractivity contribution is 6.00. The lowest BCUT2D eigenvalue weighted by molar-refractivity contribution is 0.422. The van der Waals surface area contributed by atoms with Crippen LogP contribution in [-0.4, -0.2) is 17.3 Å². The van der Waals surface area contributed by atoms with Crippen molar-refractivity contribution in [2.24, 2.45) is 0 Å². The van der Waals surface area contributed by atoms with Crippen molar-refractivity contribution < 1.29 is 9.13 Å². The number of halogens is 1. The molecule has 0 aliphatic heterocycles. The minimum absolute atomic E-state index is 0.309. The zero-order valence-electron chi connectivity index (χ0n) is 10.3. The number of methoxy groups -OCH3 is 1. The Morgan fingerprint density at radius 3 is 2.84 bits per heavy atom. The van der Waals surface area contributed by atoms with Gasteiger partial charge in [-0.15, -0.1) is 0 Å². The number of ether oxygens (including phenoxy) is 1. The van der Waals surface area contributed by atoms with Crippen molar-refractivity contribution in [3.63, 3.8) is 0 Å². The second-order valence-electron chi connectivity index (χ2n) is 4.19. The van der Waals surface area contributed by atoms with E-state index in [1.807, 2.05) is 6.07 Å². The summed E-state index contributed by atoms with van der Waals surface area (Å²) in [6.07, 6.45) is 0. The Labute approximate surface area is 109 Å². The summed E-state index contributed by atoms with van der Waals surface area (Å²) in [6.45, 7) is 0. The molecule has 2 aromatic carbocycles. The third kappa shape index (κ3) is 1.79. The van der Waals surface area contributed by atoms with E-state index in [9.17, 15) is 4.39 Å². The van der Waals surface area contributed by atoms with Crippen LogP contribution in [0.1, 0.15) is 0 Å². The normalized spacial score (nSPS) is 10.8. The van der Waals surface area contributed by atoms with Gasteiger partial charge in [0.25, 0.3) is 0 Å². The molecule has 3 rings (SSSR count). The molecule has 0 unspecified atom stereocenters. The maximum absolute atomic E-state index is 13.3. The number of rotatable bonds is 2. The number of nitrogen functional groups attached to an aromatic ring is 1. The van der Waals surface area contributed by atoms with Gasteiger partial charge in [-0.05, 0) is 24.3 Å². The van der Waals surface area contributed by atoms with Gasteiger partial charge in [0, 0.05) is 5.56 Å². The first-order valence-electron chi connectivity index (χ1n) is 5.77. The molecule has 1 aromatic heterocycles. The van der Waals surface area contributed by atoms with Crippen LogP contribution in [0, 0.1) is 5.82 Å². The van der Waals surface area contributed by atoms with E-state index in [1.54, 1.807) is 25.3 Å². The smallest absolute Gasteiger partial charge is 0.153 e. The molecule has 0 amide bonds. The van der Waals surface area contributed by atoms with Gasteiger partial charge in [0.05, 0.1) is 23.7 Å². The Kier molecular flexibility index (Phi) is 2.59. The van der Waals surface area contributed by atoms with Crippen LogP contribution in [-0.2, 0) is 0 Å². The predicted octanol–water partition coefficient (Wildman–Crippen LogP) is 2.96. The first-order chi connectivity index (χ1) is 9.20. The standard InChI is InChI=1S/C14H12FN3O/c1-19-14-10(16)5-6-11-12(14)13(18-17-11)8-3-2-4-9(15)7-8/h2-7H,16H2,1H3,(H,17,18). The van der Waals surface area contributed by atoms with Gasteiger partial charge in [0.1, 0.15) is 11.5 Å². The number of nitrogens with two attached hydrogens (primary N) is 1. The summed E-state index contributed by atoms with van der Waals surface area (Å²) in [5, 5.41) is 7.89. The molecule has 0 aliphatic rings. The second-order valence-corrected chi connectivity index (χ2v) is 4.19. The minimum Gasteiger partial charge on any atom is -0.494 e. The highest BCUT2D eigenvalue weighted by Gasteiger charge is 2.15. The number of nitrogens with zero attached hydrogens (tertiary/aromatic N) is 1. The molecule has 4 nitrogen and oxygen atoms in total. The number of aromatic amines is 1. The Bertz CT molecular complexity index is 752. The van der Waals surface area contributed by atoms with Crippen molar-refractivity contribution in [1.29, 1.82) is 0 Å². The summed E-state index contributed by atoms with van der Waals surface area (Å²) < 4.78 is 18.7. The third-order valence-corrected chi connectivity index (χ3v) is 3.02. The molecule has 0 radical (unpaired) electrons. The maximum atomic E-state index is 13.3. The van der Waals surface area contributed by atoms with Crippen LogP contribution in [0.2, 0.25) is 0 Å². The van der Waals surface area contributed by atoms with Crippen molar-refractivity contribution >= 4 is 16.6 Å². The molecule has 0 aliphatic carbocycles. The Balaban J connectivity index is 2.33.